The highest BCUT2D eigenvalue weighted by molar-refractivity contribution is 9.10. The van der Waals surface area contributed by atoms with Crippen LogP contribution in [0.15, 0.2) is 39.1 Å². The Balaban J connectivity index is 1.91. The number of aryl methyl sites for hydroxylation is 1. The Hall–Kier alpha value is -1.40. The monoisotopic (exact) mass is 369 g/mol. The summed E-state index contributed by atoms with van der Waals surface area (Å²) in [5.41, 5.74) is 2.13. The Kier molecular flexibility index (Phi) is 5.76. The zero-order valence-electron chi connectivity index (χ0n) is 11.9. The van der Waals surface area contributed by atoms with Crippen LogP contribution in [0.5, 0.6) is 0 Å². The largest absolute Gasteiger partial charge is 0.352 e. The molecule has 0 amide bonds. The molecule has 0 aliphatic carbocycles. The normalized spacial score (nSPS) is 11.5. The van der Waals surface area contributed by atoms with Crippen LogP contribution in [0.3, 0.4) is 0 Å². The first-order chi connectivity index (χ1) is 10.1. The summed E-state index contributed by atoms with van der Waals surface area (Å²) in [6, 6.07) is 6.74. The lowest BCUT2D eigenvalue weighted by molar-refractivity contribution is 0.624. The van der Waals surface area contributed by atoms with Gasteiger partial charge in [-0.3, -0.25) is 4.99 Å². The number of aliphatic imine (C=N–C) groups is 1. The van der Waals surface area contributed by atoms with E-state index in [2.05, 4.69) is 49.9 Å². The van der Waals surface area contributed by atoms with Gasteiger partial charge >= 0.3 is 0 Å². The van der Waals surface area contributed by atoms with E-state index in [0.29, 0.717) is 12.5 Å². The average Bonchev–Trinajstić information content (AvgIpc) is 2.88. The van der Waals surface area contributed by atoms with Crippen molar-refractivity contribution in [2.75, 3.05) is 7.05 Å². The fourth-order valence-corrected chi connectivity index (χ4v) is 3.06. The van der Waals surface area contributed by atoms with E-state index in [1.54, 1.807) is 24.5 Å². The fraction of sp³-hybridized carbons (Fsp3) is 0.267. The third kappa shape index (κ3) is 4.54. The molecule has 6 heteroatoms. The van der Waals surface area contributed by atoms with Crippen LogP contribution in [0.25, 0.3) is 0 Å². The minimum atomic E-state index is -0.243. The summed E-state index contributed by atoms with van der Waals surface area (Å²) < 4.78 is 14.1. The van der Waals surface area contributed by atoms with Crippen molar-refractivity contribution in [1.29, 1.82) is 0 Å². The summed E-state index contributed by atoms with van der Waals surface area (Å²) in [6.45, 7) is 3.32. The molecule has 2 rings (SSSR count). The summed E-state index contributed by atoms with van der Waals surface area (Å²) >= 11 is 5.14. The molecule has 1 aromatic carbocycles. The molecule has 0 atom stereocenters. The number of nitrogens with one attached hydrogen (secondary N) is 2. The summed E-state index contributed by atoms with van der Waals surface area (Å²) in [7, 11) is 1.72. The summed E-state index contributed by atoms with van der Waals surface area (Å²) in [5, 5.41) is 8.52. The highest BCUT2D eigenvalue weighted by Gasteiger charge is 2.05. The maximum absolute atomic E-state index is 13.2. The van der Waals surface area contributed by atoms with Crippen molar-refractivity contribution in [3.8, 4) is 0 Å². The Bertz CT molecular complexity index is 640. The van der Waals surface area contributed by atoms with Crippen LogP contribution in [0.1, 0.15) is 16.0 Å². The highest BCUT2D eigenvalue weighted by atomic mass is 79.9. The molecule has 0 spiro atoms. The van der Waals surface area contributed by atoms with Crippen LogP contribution in [0.4, 0.5) is 4.39 Å². The highest BCUT2D eigenvalue weighted by Crippen LogP contribution is 2.17. The van der Waals surface area contributed by atoms with Gasteiger partial charge in [-0.25, -0.2) is 4.39 Å². The van der Waals surface area contributed by atoms with Gasteiger partial charge in [0, 0.05) is 22.9 Å². The molecule has 2 aromatic rings. The van der Waals surface area contributed by atoms with Gasteiger partial charge in [0.1, 0.15) is 5.82 Å². The number of hydrogen-bond acceptors (Lipinski definition) is 2. The van der Waals surface area contributed by atoms with Crippen LogP contribution < -0.4 is 10.6 Å². The molecule has 0 radical (unpaired) electrons. The standard InChI is InChI=1S/C15H17BrFN3S/c1-10-5-6-21-14(10)9-20-15(18-2)19-8-11-7-12(17)3-4-13(11)16/h3-7H,8-9H2,1-2H3,(H2,18,19,20). The molecule has 0 fully saturated rings. The lowest BCUT2D eigenvalue weighted by Gasteiger charge is -2.12. The Morgan fingerprint density at radius 2 is 2.05 bits per heavy atom. The predicted octanol–water partition coefficient (Wildman–Crippen LogP) is 3.82. The first-order valence-corrected chi connectivity index (χ1v) is 8.19. The number of halogens is 2. The first kappa shape index (κ1) is 16.0. The van der Waals surface area contributed by atoms with Crippen molar-refractivity contribution >= 4 is 33.2 Å². The first-order valence-electron chi connectivity index (χ1n) is 6.51. The van der Waals surface area contributed by atoms with Gasteiger partial charge in [-0.15, -0.1) is 11.3 Å². The number of nitrogens with zero attached hydrogens (tertiary/aromatic N) is 1. The molecule has 0 saturated carbocycles. The van der Waals surface area contributed by atoms with Crippen molar-refractivity contribution < 1.29 is 4.39 Å². The van der Waals surface area contributed by atoms with E-state index in [1.807, 2.05) is 0 Å². The smallest absolute Gasteiger partial charge is 0.191 e. The van der Waals surface area contributed by atoms with Gasteiger partial charge in [0.25, 0.3) is 0 Å². The summed E-state index contributed by atoms with van der Waals surface area (Å²) in [4.78, 5) is 5.46. The molecule has 0 saturated heterocycles. The maximum Gasteiger partial charge on any atom is 0.191 e. The Morgan fingerprint density at radius 1 is 1.29 bits per heavy atom. The number of thiophene rings is 1. The van der Waals surface area contributed by atoms with E-state index in [9.17, 15) is 4.39 Å². The van der Waals surface area contributed by atoms with Crippen molar-refractivity contribution in [2.45, 2.75) is 20.0 Å². The van der Waals surface area contributed by atoms with Gasteiger partial charge in [0.15, 0.2) is 5.96 Å². The molecule has 2 N–H and O–H groups in total. The molecular formula is C15H17BrFN3S. The van der Waals surface area contributed by atoms with E-state index in [-0.39, 0.29) is 5.82 Å². The van der Waals surface area contributed by atoms with Gasteiger partial charge in [-0.05, 0) is 47.7 Å². The second-order valence-electron chi connectivity index (χ2n) is 4.54. The van der Waals surface area contributed by atoms with Crippen LogP contribution in [0, 0.1) is 12.7 Å². The molecule has 0 aliphatic heterocycles. The maximum atomic E-state index is 13.2. The topological polar surface area (TPSA) is 36.4 Å². The number of guanidine groups is 1. The molecule has 0 unspecified atom stereocenters. The van der Waals surface area contributed by atoms with Crippen LogP contribution >= 0.6 is 27.3 Å². The lowest BCUT2D eigenvalue weighted by atomic mass is 10.2. The van der Waals surface area contributed by atoms with Gasteiger partial charge in [-0.1, -0.05) is 15.9 Å². The van der Waals surface area contributed by atoms with E-state index in [1.165, 1.54) is 22.6 Å². The zero-order chi connectivity index (χ0) is 15.2. The number of hydrogen-bond donors (Lipinski definition) is 2. The van der Waals surface area contributed by atoms with Crippen molar-refractivity contribution in [3.63, 3.8) is 0 Å². The van der Waals surface area contributed by atoms with E-state index < -0.39 is 0 Å². The SMILES string of the molecule is CN=C(NCc1cc(F)ccc1Br)NCc1sccc1C. The summed E-state index contributed by atoms with van der Waals surface area (Å²) in [6.07, 6.45) is 0. The van der Waals surface area contributed by atoms with E-state index in [0.717, 1.165) is 16.6 Å². The summed E-state index contributed by atoms with van der Waals surface area (Å²) in [5.74, 6) is 0.450. The minimum Gasteiger partial charge on any atom is -0.352 e. The Labute approximate surface area is 136 Å². The number of rotatable bonds is 4. The molecule has 1 aromatic heterocycles. The molecule has 0 bridgehead atoms. The van der Waals surface area contributed by atoms with E-state index >= 15 is 0 Å². The third-order valence-corrected chi connectivity index (χ3v) is 4.86. The molecule has 3 nitrogen and oxygen atoms in total. The van der Waals surface area contributed by atoms with Gasteiger partial charge in [0.2, 0.25) is 0 Å². The fourth-order valence-electron chi connectivity index (χ4n) is 1.83. The molecule has 21 heavy (non-hydrogen) atoms. The molecule has 112 valence electrons. The molecule has 1 heterocycles. The van der Waals surface area contributed by atoms with Crippen molar-refractivity contribution in [2.24, 2.45) is 4.99 Å². The van der Waals surface area contributed by atoms with Crippen LogP contribution in [-0.2, 0) is 13.1 Å². The van der Waals surface area contributed by atoms with Crippen molar-refractivity contribution in [3.05, 3.63) is 55.9 Å². The van der Waals surface area contributed by atoms with E-state index in [4.69, 9.17) is 0 Å². The second-order valence-corrected chi connectivity index (χ2v) is 6.40. The predicted molar refractivity (Wildman–Crippen MR) is 90.2 cm³/mol. The van der Waals surface area contributed by atoms with Crippen LogP contribution in [-0.4, -0.2) is 13.0 Å². The second kappa shape index (κ2) is 7.56. The molecular weight excluding hydrogens is 353 g/mol. The van der Waals surface area contributed by atoms with Gasteiger partial charge in [0.05, 0.1) is 6.54 Å². The lowest BCUT2D eigenvalue weighted by Crippen LogP contribution is -2.36. The minimum absolute atomic E-state index is 0.243. The average molecular weight is 370 g/mol. The van der Waals surface area contributed by atoms with Gasteiger partial charge in [-0.2, -0.15) is 0 Å². The molecule has 0 aliphatic rings. The zero-order valence-corrected chi connectivity index (χ0v) is 14.3. The van der Waals surface area contributed by atoms with Crippen LogP contribution in [0.2, 0.25) is 0 Å². The number of benzene rings is 1. The van der Waals surface area contributed by atoms with Gasteiger partial charge < -0.3 is 10.6 Å². The Morgan fingerprint density at radius 3 is 2.71 bits per heavy atom. The van der Waals surface area contributed by atoms with Crippen molar-refractivity contribution in [1.82, 2.24) is 10.6 Å². The third-order valence-electron chi connectivity index (χ3n) is 3.06. The quantitative estimate of drug-likeness (QED) is 0.634.